The molecule has 0 spiro atoms. The molecule has 1 saturated carbocycles. The fourth-order valence-corrected chi connectivity index (χ4v) is 3.17. The topological polar surface area (TPSA) is 72.6 Å². The Morgan fingerprint density at radius 2 is 2.08 bits per heavy atom. The first-order chi connectivity index (χ1) is 11.6. The van der Waals surface area contributed by atoms with E-state index in [0.29, 0.717) is 11.1 Å². The van der Waals surface area contributed by atoms with Gasteiger partial charge in [-0.3, -0.25) is 9.59 Å². The highest BCUT2D eigenvalue weighted by Gasteiger charge is 2.35. The molecular weight excluding hydrogens is 328 g/mol. The van der Waals surface area contributed by atoms with Crippen LogP contribution in [-0.4, -0.2) is 29.4 Å². The summed E-state index contributed by atoms with van der Waals surface area (Å²) in [5.74, 6) is -0.418. The van der Waals surface area contributed by atoms with Gasteiger partial charge in [0.2, 0.25) is 0 Å². The normalized spacial score (nSPS) is 17.1. The van der Waals surface area contributed by atoms with E-state index in [2.05, 4.69) is 6.08 Å². The largest absolute Gasteiger partial charge is 0.483 e. The number of rotatable bonds is 6. The maximum Gasteiger partial charge on any atom is 0.264 e. The van der Waals surface area contributed by atoms with E-state index in [1.807, 2.05) is 4.90 Å². The van der Waals surface area contributed by atoms with Gasteiger partial charge >= 0.3 is 0 Å². The second-order valence-electron chi connectivity index (χ2n) is 6.23. The maximum absolute atomic E-state index is 12.7. The first kappa shape index (κ1) is 16.8. The van der Waals surface area contributed by atoms with Crippen LogP contribution in [0.4, 0.5) is 0 Å². The quantitative estimate of drug-likeness (QED) is 0.857. The Kier molecular flexibility index (Phi) is 5.09. The lowest BCUT2D eigenvalue weighted by Crippen LogP contribution is -2.36. The zero-order valence-corrected chi connectivity index (χ0v) is 14.2. The number of primary amides is 1. The Morgan fingerprint density at radius 1 is 1.29 bits per heavy atom. The zero-order valence-electron chi connectivity index (χ0n) is 13.5. The molecule has 24 heavy (non-hydrogen) atoms. The number of hydrogen-bond acceptors (Lipinski definition) is 3. The standard InChI is InChI=1S/C18H21ClN2O3/c19-12-6-9-16(15(10-12)18(20)23)24-11-17(22)21(14-7-8-14)13-4-2-1-3-5-13/h4,6,9-10,14H,1-3,5,7-8,11H2,(H2,20,23). The number of allylic oxidation sites excluding steroid dienone is 2. The molecule has 2 aliphatic carbocycles. The summed E-state index contributed by atoms with van der Waals surface area (Å²) in [4.78, 5) is 26.0. The van der Waals surface area contributed by atoms with Gasteiger partial charge in [0, 0.05) is 16.8 Å². The maximum atomic E-state index is 12.7. The second-order valence-corrected chi connectivity index (χ2v) is 6.67. The van der Waals surface area contributed by atoms with Crippen LogP contribution in [0.5, 0.6) is 5.75 Å². The molecule has 1 aromatic carbocycles. The van der Waals surface area contributed by atoms with Crippen LogP contribution in [0.15, 0.2) is 30.0 Å². The van der Waals surface area contributed by atoms with Crippen molar-refractivity contribution in [3.63, 3.8) is 0 Å². The molecule has 0 aromatic heterocycles. The number of benzene rings is 1. The number of carbonyl (C=O) groups excluding carboxylic acids is 2. The van der Waals surface area contributed by atoms with Crippen LogP contribution >= 0.6 is 11.6 Å². The van der Waals surface area contributed by atoms with Crippen LogP contribution in [0.1, 0.15) is 48.9 Å². The predicted octanol–water partition coefficient (Wildman–Crippen LogP) is 3.27. The Bertz CT molecular complexity index is 683. The van der Waals surface area contributed by atoms with Gasteiger partial charge < -0.3 is 15.4 Å². The molecule has 128 valence electrons. The molecule has 0 aliphatic heterocycles. The third-order valence-electron chi connectivity index (χ3n) is 4.32. The molecule has 2 amide bonds. The van der Waals surface area contributed by atoms with Crippen LogP contribution in [0.3, 0.4) is 0 Å². The fourth-order valence-electron chi connectivity index (χ4n) is 3.00. The minimum absolute atomic E-state index is 0.0731. The number of halogens is 1. The predicted molar refractivity (Wildman–Crippen MR) is 91.9 cm³/mol. The number of carbonyl (C=O) groups is 2. The number of nitrogens with two attached hydrogens (primary N) is 1. The summed E-state index contributed by atoms with van der Waals surface area (Å²) < 4.78 is 5.59. The second kappa shape index (κ2) is 7.26. The fraction of sp³-hybridized carbons (Fsp3) is 0.444. The van der Waals surface area contributed by atoms with Crippen molar-refractivity contribution in [3.05, 3.63) is 40.6 Å². The van der Waals surface area contributed by atoms with Crippen LogP contribution in [0.25, 0.3) is 0 Å². The average molecular weight is 349 g/mol. The zero-order chi connectivity index (χ0) is 17.1. The molecule has 0 saturated heterocycles. The Balaban J connectivity index is 1.70. The van der Waals surface area contributed by atoms with Gasteiger partial charge in [-0.05, 0) is 56.7 Å². The van der Waals surface area contributed by atoms with Crippen molar-refractivity contribution < 1.29 is 14.3 Å². The lowest BCUT2D eigenvalue weighted by Gasteiger charge is -2.27. The molecule has 1 aromatic rings. The molecular formula is C18H21ClN2O3. The highest BCUT2D eigenvalue weighted by atomic mass is 35.5. The Hall–Kier alpha value is -2.01. The molecule has 0 bridgehead atoms. The summed E-state index contributed by atoms with van der Waals surface area (Å²) >= 11 is 5.88. The first-order valence-electron chi connectivity index (χ1n) is 8.29. The van der Waals surface area contributed by atoms with Crippen molar-refractivity contribution in [3.8, 4) is 5.75 Å². The van der Waals surface area contributed by atoms with E-state index in [-0.39, 0.29) is 23.8 Å². The third kappa shape index (κ3) is 3.90. The molecule has 6 heteroatoms. The third-order valence-corrected chi connectivity index (χ3v) is 4.55. The van der Waals surface area contributed by atoms with Gasteiger partial charge in [-0.1, -0.05) is 17.7 Å². The van der Waals surface area contributed by atoms with Crippen molar-refractivity contribution >= 4 is 23.4 Å². The molecule has 2 aliphatic rings. The van der Waals surface area contributed by atoms with Crippen molar-refractivity contribution in [1.82, 2.24) is 4.90 Å². The Morgan fingerprint density at radius 3 is 2.71 bits per heavy atom. The van der Waals surface area contributed by atoms with Crippen LogP contribution in [-0.2, 0) is 4.79 Å². The molecule has 0 atom stereocenters. The SMILES string of the molecule is NC(=O)c1cc(Cl)ccc1OCC(=O)N(C1=CCCCC1)C1CC1. The molecule has 5 nitrogen and oxygen atoms in total. The van der Waals surface area contributed by atoms with E-state index in [1.54, 1.807) is 12.1 Å². The van der Waals surface area contributed by atoms with Crippen molar-refractivity contribution in [2.45, 2.75) is 44.6 Å². The van der Waals surface area contributed by atoms with Crippen molar-refractivity contribution in [2.24, 2.45) is 5.73 Å². The summed E-state index contributed by atoms with van der Waals surface area (Å²) in [5.41, 5.74) is 6.64. The lowest BCUT2D eigenvalue weighted by molar-refractivity contribution is -0.132. The highest BCUT2D eigenvalue weighted by molar-refractivity contribution is 6.31. The van der Waals surface area contributed by atoms with E-state index >= 15 is 0 Å². The summed E-state index contributed by atoms with van der Waals surface area (Å²) in [7, 11) is 0. The van der Waals surface area contributed by atoms with E-state index < -0.39 is 5.91 Å². The Labute approximate surface area is 146 Å². The van der Waals surface area contributed by atoms with E-state index in [4.69, 9.17) is 22.1 Å². The highest BCUT2D eigenvalue weighted by Crippen LogP contribution is 2.34. The van der Waals surface area contributed by atoms with Crippen LogP contribution in [0.2, 0.25) is 5.02 Å². The summed E-state index contributed by atoms with van der Waals surface area (Å²) in [5, 5.41) is 0.398. The van der Waals surface area contributed by atoms with E-state index in [9.17, 15) is 9.59 Å². The van der Waals surface area contributed by atoms with Gasteiger partial charge in [-0.15, -0.1) is 0 Å². The molecule has 2 N–H and O–H groups in total. The van der Waals surface area contributed by atoms with Gasteiger partial charge in [0.05, 0.1) is 5.56 Å². The summed E-state index contributed by atoms with van der Waals surface area (Å²) in [6.07, 6.45) is 8.50. The molecule has 0 heterocycles. The van der Waals surface area contributed by atoms with Gasteiger partial charge in [0.25, 0.3) is 11.8 Å². The minimum Gasteiger partial charge on any atom is -0.483 e. The van der Waals surface area contributed by atoms with Gasteiger partial charge in [0.1, 0.15) is 5.75 Å². The summed E-state index contributed by atoms with van der Waals surface area (Å²) in [6.45, 7) is -0.115. The van der Waals surface area contributed by atoms with Crippen LogP contribution < -0.4 is 10.5 Å². The smallest absolute Gasteiger partial charge is 0.264 e. The van der Waals surface area contributed by atoms with Crippen LogP contribution in [0, 0.1) is 0 Å². The first-order valence-corrected chi connectivity index (χ1v) is 8.67. The minimum atomic E-state index is -0.631. The molecule has 0 unspecified atom stereocenters. The number of hydrogen-bond donors (Lipinski definition) is 1. The number of ether oxygens (including phenoxy) is 1. The lowest BCUT2D eigenvalue weighted by atomic mass is 10.0. The monoisotopic (exact) mass is 348 g/mol. The van der Waals surface area contributed by atoms with Crippen molar-refractivity contribution in [2.75, 3.05) is 6.61 Å². The number of amides is 2. The van der Waals surface area contributed by atoms with E-state index in [1.165, 1.54) is 12.5 Å². The van der Waals surface area contributed by atoms with E-state index in [0.717, 1.165) is 37.8 Å². The number of nitrogens with zero attached hydrogens (tertiary/aromatic N) is 1. The summed E-state index contributed by atoms with van der Waals surface area (Å²) in [6, 6.07) is 4.92. The average Bonchev–Trinajstić information content (AvgIpc) is 3.39. The van der Waals surface area contributed by atoms with Gasteiger partial charge in [-0.2, -0.15) is 0 Å². The molecule has 1 fully saturated rings. The van der Waals surface area contributed by atoms with Gasteiger partial charge in [0.15, 0.2) is 6.61 Å². The van der Waals surface area contributed by atoms with Crippen molar-refractivity contribution in [1.29, 1.82) is 0 Å². The molecule has 0 radical (unpaired) electrons. The molecule has 3 rings (SSSR count). The van der Waals surface area contributed by atoms with Gasteiger partial charge in [-0.25, -0.2) is 0 Å².